The molecule has 3 heterocycles. The van der Waals surface area contributed by atoms with Gasteiger partial charge >= 0.3 is 0 Å². The van der Waals surface area contributed by atoms with Crippen molar-refractivity contribution in [2.45, 2.75) is 45.3 Å². The largest absolute Gasteiger partial charge is 0.352 e. The van der Waals surface area contributed by atoms with Crippen LogP contribution in [0, 0.1) is 0 Å². The number of nitrogens with zero attached hydrogens (tertiary/aromatic N) is 4. The van der Waals surface area contributed by atoms with E-state index in [9.17, 15) is 0 Å². The monoisotopic (exact) mass is 275 g/mol. The Morgan fingerprint density at radius 2 is 2.15 bits per heavy atom. The molecule has 1 atom stereocenters. The summed E-state index contributed by atoms with van der Waals surface area (Å²) in [6.45, 7) is 9.72. The summed E-state index contributed by atoms with van der Waals surface area (Å²) in [7, 11) is 0. The topological polar surface area (TPSA) is 44.3 Å². The van der Waals surface area contributed by atoms with E-state index in [1.165, 1.54) is 25.9 Å². The maximum Gasteiger partial charge on any atom is 0.151 e. The minimum Gasteiger partial charge on any atom is -0.352 e. The summed E-state index contributed by atoms with van der Waals surface area (Å²) in [5, 5.41) is 12.1. The van der Waals surface area contributed by atoms with Gasteiger partial charge in [0, 0.05) is 38.3 Å². The summed E-state index contributed by atoms with van der Waals surface area (Å²) in [6, 6.07) is 5.42. The number of piperazine rings is 1. The number of hydrogen-bond donors (Lipinski definition) is 1. The molecule has 0 spiro atoms. The van der Waals surface area contributed by atoms with E-state index in [4.69, 9.17) is 0 Å². The van der Waals surface area contributed by atoms with Crippen molar-refractivity contribution in [2.24, 2.45) is 0 Å². The lowest BCUT2D eigenvalue weighted by Gasteiger charge is -2.37. The summed E-state index contributed by atoms with van der Waals surface area (Å²) in [4.78, 5) is 5.00. The van der Waals surface area contributed by atoms with Gasteiger partial charge in [0.1, 0.15) is 0 Å². The number of aromatic nitrogens is 2. The van der Waals surface area contributed by atoms with Gasteiger partial charge in [0.2, 0.25) is 0 Å². The highest BCUT2D eigenvalue weighted by Gasteiger charge is 2.30. The third kappa shape index (κ3) is 3.10. The fourth-order valence-corrected chi connectivity index (χ4v) is 3.12. The molecule has 110 valence electrons. The minimum atomic E-state index is 0.479. The van der Waals surface area contributed by atoms with Crippen LogP contribution in [0.2, 0.25) is 0 Å². The van der Waals surface area contributed by atoms with E-state index in [1.807, 2.05) is 0 Å². The highest BCUT2D eigenvalue weighted by Crippen LogP contribution is 2.23. The lowest BCUT2D eigenvalue weighted by Crippen LogP contribution is -2.50. The van der Waals surface area contributed by atoms with Gasteiger partial charge in [-0.1, -0.05) is 13.8 Å². The van der Waals surface area contributed by atoms with Gasteiger partial charge in [0.05, 0.1) is 5.69 Å². The van der Waals surface area contributed by atoms with Crippen molar-refractivity contribution >= 4 is 5.82 Å². The van der Waals surface area contributed by atoms with Gasteiger partial charge in [0.15, 0.2) is 5.82 Å². The zero-order chi connectivity index (χ0) is 13.9. The fourth-order valence-electron chi connectivity index (χ4n) is 3.12. The van der Waals surface area contributed by atoms with E-state index < -0.39 is 0 Å². The lowest BCUT2D eigenvalue weighted by atomic mass is 10.1. The standard InChI is InChI=1S/C15H25N5/c1-12(2)16-10-13-5-6-15(18-17-13)20-9-8-19-7-3-4-14(19)11-20/h5-6,12,14,16H,3-4,7-11H2,1-2H3. The molecule has 1 aromatic rings. The Morgan fingerprint density at radius 1 is 1.25 bits per heavy atom. The van der Waals surface area contributed by atoms with Crippen LogP contribution in [0.5, 0.6) is 0 Å². The zero-order valence-electron chi connectivity index (χ0n) is 12.5. The molecule has 1 aromatic heterocycles. The van der Waals surface area contributed by atoms with Crippen LogP contribution in [-0.4, -0.2) is 53.4 Å². The Labute approximate surface area is 121 Å². The van der Waals surface area contributed by atoms with Gasteiger partial charge in [-0.15, -0.1) is 5.10 Å². The van der Waals surface area contributed by atoms with Crippen molar-refractivity contribution < 1.29 is 0 Å². The third-order valence-electron chi connectivity index (χ3n) is 4.31. The Kier molecular flexibility index (Phi) is 4.17. The molecule has 2 fully saturated rings. The number of nitrogens with one attached hydrogen (secondary N) is 1. The van der Waals surface area contributed by atoms with Gasteiger partial charge in [-0.05, 0) is 31.5 Å². The highest BCUT2D eigenvalue weighted by molar-refractivity contribution is 5.38. The molecular formula is C15H25N5. The van der Waals surface area contributed by atoms with E-state index in [1.54, 1.807) is 0 Å². The van der Waals surface area contributed by atoms with Crippen molar-refractivity contribution in [1.82, 2.24) is 20.4 Å². The van der Waals surface area contributed by atoms with Gasteiger partial charge in [-0.25, -0.2) is 0 Å². The molecule has 20 heavy (non-hydrogen) atoms. The smallest absolute Gasteiger partial charge is 0.151 e. The van der Waals surface area contributed by atoms with E-state index in [2.05, 4.69) is 51.3 Å². The van der Waals surface area contributed by atoms with Crippen LogP contribution in [0.1, 0.15) is 32.4 Å². The summed E-state index contributed by atoms with van der Waals surface area (Å²) in [6.07, 6.45) is 2.68. The normalized spacial score (nSPS) is 23.4. The van der Waals surface area contributed by atoms with Crippen LogP contribution in [0.25, 0.3) is 0 Å². The first kappa shape index (κ1) is 13.8. The molecule has 2 saturated heterocycles. The quantitative estimate of drug-likeness (QED) is 0.896. The lowest BCUT2D eigenvalue weighted by molar-refractivity contribution is 0.230. The molecule has 0 aliphatic carbocycles. The van der Waals surface area contributed by atoms with Crippen LogP contribution in [-0.2, 0) is 6.54 Å². The molecule has 0 bridgehead atoms. The molecule has 0 amide bonds. The van der Waals surface area contributed by atoms with Crippen LogP contribution >= 0.6 is 0 Å². The fraction of sp³-hybridized carbons (Fsp3) is 0.733. The van der Waals surface area contributed by atoms with Gasteiger partial charge in [-0.3, -0.25) is 4.90 Å². The third-order valence-corrected chi connectivity index (χ3v) is 4.31. The first-order chi connectivity index (χ1) is 9.72. The van der Waals surface area contributed by atoms with Gasteiger partial charge < -0.3 is 10.2 Å². The maximum atomic E-state index is 4.41. The summed E-state index contributed by atoms with van der Waals surface area (Å²) in [5.41, 5.74) is 1.02. The van der Waals surface area contributed by atoms with E-state index >= 15 is 0 Å². The Balaban J connectivity index is 1.60. The summed E-state index contributed by atoms with van der Waals surface area (Å²) < 4.78 is 0. The minimum absolute atomic E-state index is 0.479. The molecule has 0 saturated carbocycles. The van der Waals surface area contributed by atoms with E-state index in [0.717, 1.165) is 37.2 Å². The van der Waals surface area contributed by atoms with Gasteiger partial charge in [-0.2, -0.15) is 5.10 Å². The van der Waals surface area contributed by atoms with Gasteiger partial charge in [0.25, 0.3) is 0 Å². The van der Waals surface area contributed by atoms with Crippen molar-refractivity contribution in [3.8, 4) is 0 Å². The van der Waals surface area contributed by atoms with Crippen molar-refractivity contribution in [1.29, 1.82) is 0 Å². The van der Waals surface area contributed by atoms with E-state index in [0.29, 0.717) is 6.04 Å². The van der Waals surface area contributed by atoms with Crippen LogP contribution in [0.3, 0.4) is 0 Å². The number of rotatable bonds is 4. The molecule has 2 aliphatic rings. The molecule has 1 N–H and O–H groups in total. The highest BCUT2D eigenvalue weighted by atomic mass is 15.3. The van der Waals surface area contributed by atoms with Crippen LogP contribution < -0.4 is 10.2 Å². The second-order valence-electron chi connectivity index (χ2n) is 6.20. The summed E-state index contributed by atoms with van der Waals surface area (Å²) in [5.74, 6) is 1.03. The first-order valence-corrected chi connectivity index (χ1v) is 7.77. The molecule has 1 unspecified atom stereocenters. The number of anilines is 1. The van der Waals surface area contributed by atoms with Crippen molar-refractivity contribution in [2.75, 3.05) is 31.1 Å². The van der Waals surface area contributed by atoms with Crippen LogP contribution in [0.15, 0.2) is 12.1 Å². The average molecular weight is 275 g/mol. The first-order valence-electron chi connectivity index (χ1n) is 7.77. The average Bonchev–Trinajstić information content (AvgIpc) is 2.93. The summed E-state index contributed by atoms with van der Waals surface area (Å²) >= 11 is 0. The molecule has 5 nitrogen and oxygen atoms in total. The van der Waals surface area contributed by atoms with Crippen LogP contribution in [0.4, 0.5) is 5.82 Å². The Bertz CT molecular complexity index is 430. The van der Waals surface area contributed by atoms with Crippen molar-refractivity contribution in [3.63, 3.8) is 0 Å². The molecule has 0 aromatic carbocycles. The SMILES string of the molecule is CC(C)NCc1ccc(N2CCN3CCCC3C2)nn1. The molecule has 2 aliphatic heterocycles. The number of hydrogen-bond acceptors (Lipinski definition) is 5. The molecule has 3 rings (SSSR count). The van der Waals surface area contributed by atoms with Crippen molar-refractivity contribution in [3.05, 3.63) is 17.8 Å². The Morgan fingerprint density at radius 3 is 2.90 bits per heavy atom. The Hall–Kier alpha value is -1.20. The zero-order valence-corrected chi connectivity index (χ0v) is 12.5. The maximum absolute atomic E-state index is 4.41. The molecular weight excluding hydrogens is 250 g/mol. The predicted octanol–water partition coefficient (Wildman–Crippen LogP) is 1.26. The molecule has 0 radical (unpaired) electrons. The second kappa shape index (κ2) is 6.06. The second-order valence-corrected chi connectivity index (χ2v) is 6.20. The predicted molar refractivity (Wildman–Crippen MR) is 80.8 cm³/mol. The number of fused-ring (bicyclic) bond motifs is 1. The van der Waals surface area contributed by atoms with E-state index in [-0.39, 0.29) is 0 Å². The molecule has 5 heteroatoms.